The Balaban J connectivity index is 2.03. The van der Waals surface area contributed by atoms with E-state index in [2.05, 4.69) is 4.57 Å². The normalized spacial score (nSPS) is 24.0. The third-order valence-corrected chi connectivity index (χ3v) is 6.28. The second kappa shape index (κ2) is 6.14. The van der Waals surface area contributed by atoms with Gasteiger partial charge in [-0.05, 0) is 25.7 Å². The Labute approximate surface area is 101 Å². The van der Waals surface area contributed by atoms with Gasteiger partial charge in [0.1, 0.15) is 0 Å². The van der Waals surface area contributed by atoms with Crippen molar-refractivity contribution >= 4 is 9.45 Å². The molecule has 0 bridgehead atoms. The number of hydrogen-bond donors (Lipinski definition) is 0. The minimum atomic E-state index is -1.58. The molecule has 2 fully saturated rings. The molecule has 3 nitrogen and oxygen atoms in total. The molecule has 0 spiro atoms. The first kappa shape index (κ1) is 12.6. The Morgan fingerprint density at radius 1 is 0.812 bits per heavy atom. The summed E-state index contributed by atoms with van der Waals surface area (Å²) in [5, 5.41) is 0. The van der Waals surface area contributed by atoms with Crippen LogP contribution in [-0.2, 0) is 8.85 Å². The smallest absolute Gasteiger partial charge is 0.388 e. The van der Waals surface area contributed by atoms with Gasteiger partial charge in [0.2, 0.25) is 0 Å². The molecule has 2 aliphatic carbocycles. The summed E-state index contributed by atoms with van der Waals surface area (Å²) in [5.74, 6) is 0. The van der Waals surface area contributed by atoms with Crippen molar-refractivity contribution in [1.29, 1.82) is 0 Å². The fourth-order valence-corrected chi connectivity index (χ4v) is 5.35. The average molecular weight is 243 g/mol. The molecule has 0 atom stereocenters. The third-order valence-electron chi connectivity index (χ3n) is 4.14. The quantitative estimate of drug-likeness (QED) is 0.691. The highest BCUT2D eigenvalue weighted by Gasteiger charge is 2.37. The minimum Gasteiger partial charge on any atom is -0.388 e. The Bertz CT molecular complexity index is 180. The predicted octanol–water partition coefficient (Wildman–Crippen LogP) is 2.18. The highest BCUT2D eigenvalue weighted by atomic mass is 28.3. The monoisotopic (exact) mass is 243 g/mol. The van der Waals surface area contributed by atoms with Gasteiger partial charge < -0.3 is 8.85 Å². The molecule has 0 radical (unpaired) electrons. The molecule has 0 amide bonds. The van der Waals surface area contributed by atoms with Crippen LogP contribution in [0.4, 0.5) is 0 Å². The Morgan fingerprint density at radius 3 is 1.50 bits per heavy atom. The molecule has 4 heteroatoms. The molecular formula is C12H25NO2Si. The molecule has 2 saturated carbocycles. The van der Waals surface area contributed by atoms with Gasteiger partial charge in [0.05, 0.1) is 0 Å². The van der Waals surface area contributed by atoms with Gasteiger partial charge in [-0.15, -0.1) is 0 Å². The largest absolute Gasteiger partial charge is 0.410 e. The Hall–Kier alpha value is 0.0969. The predicted molar refractivity (Wildman–Crippen MR) is 67.5 cm³/mol. The van der Waals surface area contributed by atoms with Crippen molar-refractivity contribution in [3.63, 3.8) is 0 Å². The van der Waals surface area contributed by atoms with Crippen molar-refractivity contribution in [2.75, 3.05) is 14.2 Å². The zero-order valence-corrected chi connectivity index (χ0v) is 11.8. The summed E-state index contributed by atoms with van der Waals surface area (Å²) in [6.07, 6.45) is 11.0. The van der Waals surface area contributed by atoms with Gasteiger partial charge >= 0.3 is 9.45 Å². The molecule has 0 aromatic rings. The SMILES string of the molecule is CO[SiH](OC)N(C1CCCC1)C1CCCC1. The van der Waals surface area contributed by atoms with Gasteiger partial charge in [0.25, 0.3) is 0 Å². The molecule has 0 aromatic heterocycles. The van der Waals surface area contributed by atoms with Gasteiger partial charge in [-0.25, -0.2) is 0 Å². The number of nitrogens with zero attached hydrogens (tertiary/aromatic N) is 1. The summed E-state index contributed by atoms with van der Waals surface area (Å²) in [6.45, 7) is 0. The lowest BCUT2D eigenvalue weighted by molar-refractivity contribution is 0.136. The summed E-state index contributed by atoms with van der Waals surface area (Å²) in [7, 11) is 2.05. The van der Waals surface area contributed by atoms with Crippen LogP contribution in [0.1, 0.15) is 51.4 Å². The molecule has 2 aliphatic rings. The zero-order chi connectivity index (χ0) is 11.4. The van der Waals surface area contributed by atoms with Gasteiger partial charge in [0.15, 0.2) is 0 Å². The van der Waals surface area contributed by atoms with Crippen LogP contribution in [-0.4, -0.2) is 40.3 Å². The molecule has 0 unspecified atom stereocenters. The van der Waals surface area contributed by atoms with Gasteiger partial charge in [-0.2, -0.15) is 0 Å². The average Bonchev–Trinajstić information content (AvgIpc) is 2.98. The highest BCUT2D eigenvalue weighted by molar-refractivity contribution is 6.41. The van der Waals surface area contributed by atoms with Crippen LogP contribution < -0.4 is 0 Å². The van der Waals surface area contributed by atoms with E-state index in [-0.39, 0.29) is 0 Å². The first-order valence-corrected chi connectivity index (χ1v) is 8.15. The van der Waals surface area contributed by atoms with E-state index < -0.39 is 9.45 Å². The topological polar surface area (TPSA) is 21.7 Å². The molecule has 0 N–H and O–H groups in total. The van der Waals surface area contributed by atoms with Crippen LogP contribution in [0.2, 0.25) is 0 Å². The maximum atomic E-state index is 5.63. The third kappa shape index (κ3) is 2.67. The van der Waals surface area contributed by atoms with Crippen LogP contribution in [0.25, 0.3) is 0 Å². The van der Waals surface area contributed by atoms with E-state index in [9.17, 15) is 0 Å². The second-order valence-electron chi connectivity index (χ2n) is 5.10. The highest BCUT2D eigenvalue weighted by Crippen LogP contribution is 2.32. The second-order valence-corrected chi connectivity index (χ2v) is 7.26. The summed E-state index contributed by atoms with van der Waals surface area (Å²) >= 11 is 0. The Kier molecular flexibility index (Phi) is 4.82. The molecule has 0 aromatic carbocycles. The summed E-state index contributed by atoms with van der Waals surface area (Å²) < 4.78 is 13.9. The van der Waals surface area contributed by atoms with Gasteiger partial charge in [-0.3, -0.25) is 4.57 Å². The van der Waals surface area contributed by atoms with Crippen molar-refractivity contribution in [2.45, 2.75) is 63.5 Å². The molecule has 2 rings (SSSR count). The van der Waals surface area contributed by atoms with Crippen molar-refractivity contribution in [2.24, 2.45) is 0 Å². The van der Waals surface area contributed by atoms with E-state index in [1.54, 1.807) is 0 Å². The van der Waals surface area contributed by atoms with E-state index in [4.69, 9.17) is 8.85 Å². The standard InChI is InChI=1S/C12H25NO2Si/c1-14-16(15-2)13(11-7-3-4-8-11)12-9-5-6-10-12/h11-12,16H,3-10H2,1-2H3. The summed E-state index contributed by atoms with van der Waals surface area (Å²) in [5.41, 5.74) is 0. The lowest BCUT2D eigenvalue weighted by Gasteiger charge is -2.37. The van der Waals surface area contributed by atoms with Crippen LogP contribution >= 0.6 is 0 Å². The Morgan fingerprint density at radius 2 is 1.19 bits per heavy atom. The lowest BCUT2D eigenvalue weighted by Crippen LogP contribution is -2.53. The summed E-state index contributed by atoms with van der Waals surface area (Å²) in [4.78, 5) is 0. The van der Waals surface area contributed by atoms with Crippen LogP contribution in [0, 0.1) is 0 Å². The molecular weight excluding hydrogens is 218 g/mol. The number of hydrogen-bond acceptors (Lipinski definition) is 3. The van der Waals surface area contributed by atoms with Crippen LogP contribution in [0.3, 0.4) is 0 Å². The molecule has 94 valence electrons. The zero-order valence-electron chi connectivity index (χ0n) is 10.7. The van der Waals surface area contributed by atoms with E-state index in [1.807, 2.05) is 14.2 Å². The maximum Gasteiger partial charge on any atom is 0.410 e. The summed E-state index contributed by atoms with van der Waals surface area (Å²) in [6, 6.07) is 1.50. The van der Waals surface area contributed by atoms with E-state index in [0.29, 0.717) is 0 Å². The van der Waals surface area contributed by atoms with Crippen molar-refractivity contribution in [1.82, 2.24) is 4.57 Å². The van der Waals surface area contributed by atoms with E-state index >= 15 is 0 Å². The van der Waals surface area contributed by atoms with Gasteiger partial charge in [-0.1, -0.05) is 25.7 Å². The first-order chi connectivity index (χ1) is 7.86. The minimum absolute atomic E-state index is 0.750. The van der Waals surface area contributed by atoms with E-state index in [1.165, 1.54) is 51.4 Å². The van der Waals surface area contributed by atoms with Crippen molar-refractivity contribution in [3.05, 3.63) is 0 Å². The van der Waals surface area contributed by atoms with Crippen molar-refractivity contribution in [3.8, 4) is 0 Å². The molecule has 16 heavy (non-hydrogen) atoms. The van der Waals surface area contributed by atoms with E-state index in [0.717, 1.165) is 12.1 Å². The fraction of sp³-hybridized carbons (Fsp3) is 1.00. The maximum absolute atomic E-state index is 5.63. The lowest BCUT2D eigenvalue weighted by atomic mass is 10.2. The molecule has 0 heterocycles. The molecule has 0 saturated heterocycles. The number of rotatable bonds is 5. The van der Waals surface area contributed by atoms with Crippen molar-refractivity contribution < 1.29 is 8.85 Å². The van der Waals surface area contributed by atoms with Crippen LogP contribution in [0.5, 0.6) is 0 Å². The molecule has 0 aliphatic heterocycles. The fourth-order valence-electron chi connectivity index (χ4n) is 3.39. The first-order valence-electron chi connectivity index (χ1n) is 6.70. The van der Waals surface area contributed by atoms with Gasteiger partial charge in [0, 0.05) is 26.3 Å². The van der Waals surface area contributed by atoms with Crippen LogP contribution in [0.15, 0.2) is 0 Å².